The molecule has 0 aliphatic rings. The Balaban J connectivity index is 2.08. The van der Waals surface area contributed by atoms with Crippen LogP contribution in [0.1, 0.15) is 17.4 Å². The van der Waals surface area contributed by atoms with Gasteiger partial charge in [-0.1, -0.05) is 18.2 Å². The molecule has 1 heterocycles. The summed E-state index contributed by atoms with van der Waals surface area (Å²) < 4.78 is 33.1. The van der Waals surface area contributed by atoms with Crippen molar-refractivity contribution in [2.75, 3.05) is 0 Å². The van der Waals surface area contributed by atoms with Gasteiger partial charge in [-0.3, -0.25) is 0 Å². The zero-order valence-electron chi connectivity index (χ0n) is 10.2. The van der Waals surface area contributed by atoms with Crippen LogP contribution in [0.15, 0.2) is 51.4 Å². The minimum atomic E-state index is -0.783. The van der Waals surface area contributed by atoms with Gasteiger partial charge in [-0.25, -0.2) is 8.78 Å². The van der Waals surface area contributed by atoms with Crippen molar-refractivity contribution in [3.63, 3.8) is 0 Å². The summed E-state index contributed by atoms with van der Waals surface area (Å²) in [5, 5.41) is 0.868. The molecule has 0 aliphatic heterocycles. The first-order valence-electron chi connectivity index (χ1n) is 5.95. The number of para-hydroxylation sites is 1. The maximum absolute atomic E-state index is 13.8. The van der Waals surface area contributed by atoms with Gasteiger partial charge in [0.15, 0.2) is 0 Å². The minimum absolute atomic E-state index is 0.196. The molecule has 3 aromatic rings. The van der Waals surface area contributed by atoms with Crippen molar-refractivity contribution >= 4 is 26.9 Å². The number of benzene rings is 2. The van der Waals surface area contributed by atoms with E-state index in [1.807, 2.05) is 18.2 Å². The quantitative estimate of drug-likeness (QED) is 0.746. The fourth-order valence-corrected chi connectivity index (χ4v) is 2.57. The Bertz CT molecular complexity index is 785. The topological polar surface area (TPSA) is 39.2 Å². The Morgan fingerprint density at radius 1 is 1.10 bits per heavy atom. The highest BCUT2D eigenvalue weighted by Crippen LogP contribution is 2.31. The molecule has 0 amide bonds. The molecule has 2 N–H and O–H groups in total. The van der Waals surface area contributed by atoms with Crippen molar-refractivity contribution in [1.82, 2.24) is 0 Å². The first-order valence-corrected chi connectivity index (χ1v) is 6.74. The highest BCUT2D eigenvalue weighted by atomic mass is 79.9. The van der Waals surface area contributed by atoms with Gasteiger partial charge < -0.3 is 10.2 Å². The van der Waals surface area contributed by atoms with E-state index in [2.05, 4.69) is 15.9 Å². The predicted molar refractivity (Wildman–Crippen MR) is 76.3 cm³/mol. The molecule has 1 aromatic heterocycles. The predicted octanol–water partition coefficient (Wildman–Crippen LogP) is 4.52. The van der Waals surface area contributed by atoms with Gasteiger partial charge in [-0.2, -0.15) is 0 Å². The summed E-state index contributed by atoms with van der Waals surface area (Å²) in [4.78, 5) is 0. The highest BCUT2D eigenvalue weighted by molar-refractivity contribution is 9.10. The number of halogens is 3. The molecule has 102 valence electrons. The average Bonchev–Trinajstić information content (AvgIpc) is 2.83. The number of nitrogens with two attached hydrogens (primary N) is 1. The van der Waals surface area contributed by atoms with Crippen LogP contribution in [0.5, 0.6) is 0 Å². The van der Waals surface area contributed by atoms with Crippen molar-refractivity contribution in [2.45, 2.75) is 6.04 Å². The summed E-state index contributed by atoms with van der Waals surface area (Å²) >= 11 is 3.38. The number of rotatable bonds is 2. The molecular weight excluding hydrogens is 328 g/mol. The van der Waals surface area contributed by atoms with Crippen LogP contribution in [-0.2, 0) is 0 Å². The molecule has 3 rings (SSSR count). The molecule has 5 heteroatoms. The molecule has 2 aromatic carbocycles. The third-order valence-electron chi connectivity index (χ3n) is 3.12. The van der Waals surface area contributed by atoms with Crippen LogP contribution in [0, 0.1) is 11.6 Å². The lowest BCUT2D eigenvalue weighted by molar-refractivity contribution is 0.505. The number of fused-ring (bicyclic) bond motifs is 1. The van der Waals surface area contributed by atoms with E-state index in [1.54, 1.807) is 6.07 Å². The van der Waals surface area contributed by atoms with Crippen molar-refractivity contribution in [3.05, 3.63) is 69.9 Å². The third-order valence-corrected chi connectivity index (χ3v) is 3.74. The fraction of sp³-hybridized carbons (Fsp3) is 0.0667. The van der Waals surface area contributed by atoms with Crippen LogP contribution < -0.4 is 5.73 Å². The second kappa shape index (κ2) is 5.00. The Morgan fingerprint density at radius 3 is 2.60 bits per heavy atom. The van der Waals surface area contributed by atoms with E-state index in [1.165, 1.54) is 12.1 Å². The summed E-state index contributed by atoms with van der Waals surface area (Å²) in [5.41, 5.74) is 6.86. The van der Waals surface area contributed by atoms with Gasteiger partial charge in [0.1, 0.15) is 23.0 Å². The van der Waals surface area contributed by atoms with Crippen molar-refractivity contribution in [1.29, 1.82) is 0 Å². The summed E-state index contributed by atoms with van der Waals surface area (Å²) in [5.74, 6) is -0.889. The smallest absolute Gasteiger partial charge is 0.148 e. The standard InChI is InChI=1S/C15H10BrF2NO/c16-11-3-1-2-8-6-13(20-15(8)11)14(19)10-5-4-9(17)7-12(10)18/h1-7,14H,19H2. The normalized spacial score (nSPS) is 12.8. The third kappa shape index (κ3) is 2.23. The van der Waals surface area contributed by atoms with Crippen LogP contribution in [0.3, 0.4) is 0 Å². The average molecular weight is 338 g/mol. The largest absolute Gasteiger partial charge is 0.458 e. The van der Waals surface area contributed by atoms with Crippen molar-refractivity contribution in [3.8, 4) is 0 Å². The Morgan fingerprint density at radius 2 is 1.90 bits per heavy atom. The van der Waals surface area contributed by atoms with E-state index >= 15 is 0 Å². The maximum atomic E-state index is 13.8. The zero-order chi connectivity index (χ0) is 14.3. The van der Waals surface area contributed by atoms with Gasteiger partial charge in [0.05, 0.1) is 10.5 Å². The van der Waals surface area contributed by atoms with E-state index in [4.69, 9.17) is 10.2 Å². The van der Waals surface area contributed by atoms with Crippen LogP contribution in [0.4, 0.5) is 8.78 Å². The fourth-order valence-electron chi connectivity index (χ4n) is 2.11. The van der Waals surface area contributed by atoms with Gasteiger partial charge in [0, 0.05) is 17.0 Å². The number of furan rings is 1. The molecule has 0 saturated carbocycles. The van der Waals surface area contributed by atoms with Crippen LogP contribution in [-0.4, -0.2) is 0 Å². The number of hydrogen-bond acceptors (Lipinski definition) is 2. The van der Waals surface area contributed by atoms with E-state index < -0.39 is 17.7 Å². The van der Waals surface area contributed by atoms with E-state index in [0.29, 0.717) is 11.3 Å². The first kappa shape index (κ1) is 13.3. The lowest BCUT2D eigenvalue weighted by Gasteiger charge is -2.10. The lowest BCUT2D eigenvalue weighted by Crippen LogP contribution is -2.12. The molecule has 0 bridgehead atoms. The second-order valence-electron chi connectivity index (χ2n) is 4.45. The molecule has 0 spiro atoms. The van der Waals surface area contributed by atoms with Gasteiger partial charge in [-0.15, -0.1) is 0 Å². The molecule has 0 saturated heterocycles. The first-order chi connectivity index (χ1) is 9.56. The van der Waals surface area contributed by atoms with E-state index in [9.17, 15) is 8.78 Å². The van der Waals surface area contributed by atoms with E-state index in [0.717, 1.165) is 15.9 Å². The number of hydrogen-bond donors (Lipinski definition) is 1. The zero-order valence-corrected chi connectivity index (χ0v) is 11.8. The van der Waals surface area contributed by atoms with Gasteiger partial charge >= 0.3 is 0 Å². The van der Waals surface area contributed by atoms with Crippen molar-refractivity contribution < 1.29 is 13.2 Å². The lowest BCUT2D eigenvalue weighted by atomic mass is 10.0. The van der Waals surface area contributed by atoms with Crippen molar-refractivity contribution in [2.24, 2.45) is 5.73 Å². The molecule has 0 radical (unpaired) electrons. The molecule has 1 atom stereocenters. The summed E-state index contributed by atoms with van der Waals surface area (Å²) in [7, 11) is 0. The molecule has 1 unspecified atom stereocenters. The Kier molecular flexibility index (Phi) is 3.31. The maximum Gasteiger partial charge on any atom is 0.148 e. The molecule has 2 nitrogen and oxygen atoms in total. The second-order valence-corrected chi connectivity index (χ2v) is 5.30. The summed E-state index contributed by atoms with van der Waals surface area (Å²) in [6, 6.07) is 9.89. The minimum Gasteiger partial charge on any atom is -0.458 e. The van der Waals surface area contributed by atoms with Crippen LogP contribution in [0.25, 0.3) is 11.0 Å². The molecule has 0 fully saturated rings. The van der Waals surface area contributed by atoms with Crippen LogP contribution in [0.2, 0.25) is 0 Å². The molecule has 0 aliphatic carbocycles. The SMILES string of the molecule is NC(c1cc2cccc(Br)c2o1)c1ccc(F)cc1F. The van der Waals surface area contributed by atoms with Crippen LogP contribution >= 0.6 is 15.9 Å². The van der Waals surface area contributed by atoms with Gasteiger partial charge in [0.25, 0.3) is 0 Å². The van der Waals surface area contributed by atoms with Gasteiger partial charge in [-0.05, 0) is 34.1 Å². The monoisotopic (exact) mass is 337 g/mol. The van der Waals surface area contributed by atoms with E-state index in [-0.39, 0.29) is 5.56 Å². The Hall–Kier alpha value is -1.72. The summed E-state index contributed by atoms with van der Waals surface area (Å²) in [6.07, 6.45) is 0. The highest BCUT2D eigenvalue weighted by Gasteiger charge is 2.18. The Labute approximate surface area is 122 Å². The molecular formula is C15H10BrF2NO. The summed E-state index contributed by atoms with van der Waals surface area (Å²) in [6.45, 7) is 0. The van der Waals surface area contributed by atoms with Gasteiger partial charge in [0.2, 0.25) is 0 Å². The molecule has 20 heavy (non-hydrogen) atoms.